The Bertz CT molecular complexity index is 545. The summed E-state index contributed by atoms with van der Waals surface area (Å²) in [5.74, 6) is -0.480. The zero-order valence-electron chi connectivity index (χ0n) is 10.5. The average molecular weight is 288 g/mol. The lowest BCUT2D eigenvalue weighted by Gasteiger charge is -2.19. The van der Waals surface area contributed by atoms with Crippen LogP contribution >= 0.6 is 0 Å². The average Bonchev–Trinajstić information content (AvgIpc) is 2.62. The van der Waals surface area contributed by atoms with E-state index >= 15 is 0 Å². The Kier molecular flexibility index (Phi) is 3.56. The van der Waals surface area contributed by atoms with E-state index in [0.717, 1.165) is 0 Å². The Balaban J connectivity index is 2.29. The van der Waals surface area contributed by atoms with E-state index in [1.54, 1.807) is 12.1 Å². The Labute approximate surface area is 112 Å². The fourth-order valence-corrected chi connectivity index (χ4v) is 1.94. The van der Waals surface area contributed by atoms with Gasteiger partial charge in [-0.1, -0.05) is 12.1 Å². The normalized spacial score (nSPS) is 16.0. The van der Waals surface area contributed by atoms with Crippen molar-refractivity contribution in [1.82, 2.24) is 4.90 Å². The second-order valence-corrected chi connectivity index (χ2v) is 4.15. The van der Waals surface area contributed by atoms with Crippen LogP contribution in [-0.4, -0.2) is 43.2 Å². The summed E-state index contributed by atoms with van der Waals surface area (Å²) < 4.78 is 42.0. The molecule has 0 aliphatic carbocycles. The Hall–Kier alpha value is -2.25. The summed E-state index contributed by atoms with van der Waals surface area (Å²) in [5.41, 5.74) is 0.134. The van der Waals surface area contributed by atoms with Crippen LogP contribution in [0.15, 0.2) is 24.3 Å². The molecular weight excluding hydrogens is 277 g/mol. The molecule has 1 heterocycles. The van der Waals surface area contributed by atoms with Crippen molar-refractivity contribution >= 4 is 17.6 Å². The standard InChI is InChI=1S/C12H11F3N2O3/c1-20-9-5-3-2-4-8(9)17-10(18)6-16(11(17)19)7-12(13,14)15/h2-5H,6-7H2,1H3. The van der Waals surface area contributed by atoms with Crippen LogP contribution in [0.25, 0.3) is 0 Å². The highest BCUT2D eigenvalue weighted by molar-refractivity contribution is 6.20. The van der Waals surface area contributed by atoms with Gasteiger partial charge in [0.2, 0.25) is 0 Å². The number of urea groups is 1. The van der Waals surface area contributed by atoms with Crippen molar-refractivity contribution in [2.75, 3.05) is 25.1 Å². The molecule has 1 saturated heterocycles. The molecule has 0 N–H and O–H groups in total. The van der Waals surface area contributed by atoms with Gasteiger partial charge in [-0.25, -0.2) is 9.69 Å². The fraction of sp³-hybridized carbons (Fsp3) is 0.333. The van der Waals surface area contributed by atoms with E-state index in [1.807, 2.05) is 0 Å². The van der Waals surface area contributed by atoms with E-state index in [4.69, 9.17) is 4.74 Å². The molecule has 1 aromatic rings. The number of anilines is 1. The number of hydrogen-bond acceptors (Lipinski definition) is 3. The molecule has 0 spiro atoms. The molecular formula is C12H11F3N2O3. The maximum absolute atomic E-state index is 12.3. The van der Waals surface area contributed by atoms with Gasteiger partial charge in [0.1, 0.15) is 18.8 Å². The van der Waals surface area contributed by atoms with E-state index in [1.165, 1.54) is 19.2 Å². The highest BCUT2D eigenvalue weighted by Gasteiger charge is 2.43. The lowest BCUT2D eigenvalue weighted by atomic mass is 10.2. The van der Waals surface area contributed by atoms with Crippen molar-refractivity contribution in [3.8, 4) is 5.75 Å². The van der Waals surface area contributed by atoms with Gasteiger partial charge in [-0.05, 0) is 12.1 Å². The summed E-state index contributed by atoms with van der Waals surface area (Å²) in [6, 6.07) is 5.14. The van der Waals surface area contributed by atoms with Crippen LogP contribution in [0.1, 0.15) is 0 Å². The first-order valence-electron chi connectivity index (χ1n) is 5.65. The van der Waals surface area contributed by atoms with Crippen LogP contribution in [0.3, 0.4) is 0 Å². The van der Waals surface area contributed by atoms with Crippen LogP contribution < -0.4 is 9.64 Å². The number of nitrogens with zero attached hydrogens (tertiary/aromatic N) is 2. The first-order valence-corrected chi connectivity index (χ1v) is 5.65. The second-order valence-electron chi connectivity index (χ2n) is 4.15. The third-order valence-electron chi connectivity index (χ3n) is 2.73. The highest BCUT2D eigenvalue weighted by Crippen LogP contribution is 2.31. The van der Waals surface area contributed by atoms with Gasteiger partial charge in [-0.15, -0.1) is 0 Å². The van der Waals surface area contributed by atoms with E-state index in [9.17, 15) is 22.8 Å². The molecule has 0 aromatic heterocycles. The number of hydrogen-bond donors (Lipinski definition) is 0. The topological polar surface area (TPSA) is 49.9 Å². The predicted octanol–water partition coefficient (Wildman–Crippen LogP) is 2.03. The van der Waals surface area contributed by atoms with Crippen molar-refractivity contribution in [2.45, 2.75) is 6.18 Å². The Morgan fingerprint density at radius 2 is 1.90 bits per heavy atom. The smallest absolute Gasteiger partial charge is 0.406 e. The predicted molar refractivity (Wildman–Crippen MR) is 63.5 cm³/mol. The molecule has 8 heteroatoms. The summed E-state index contributed by atoms with van der Waals surface area (Å²) in [5, 5.41) is 0. The second kappa shape index (κ2) is 5.03. The van der Waals surface area contributed by atoms with Gasteiger partial charge in [0.05, 0.1) is 12.8 Å². The van der Waals surface area contributed by atoms with Crippen LogP contribution in [0.4, 0.5) is 23.7 Å². The number of ether oxygens (including phenoxy) is 1. The van der Waals surface area contributed by atoms with Crippen molar-refractivity contribution < 1.29 is 27.5 Å². The summed E-state index contributed by atoms with van der Waals surface area (Å²) in [7, 11) is 1.34. The number of rotatable bonds is 3. The van der Waals surface area contributed by atoms with Crippen molar-refractivity contribution in [3.63, 3.8) is 0 Å². The van der Waals surface area contributed by atoms with Gasteiger partial charge in [0.15, 0.2) is 0 Å². The minimum atomic E-state index is -4.55. The molecule has 1 aliphatic heterocycles. The van der Waals surface area contributed by atoms with Crippen LogP contribution in [0.5, 0.6) is 5.75 Å². The third-order valence-corrected chi connectivity index (χ3v) is 2.73. The van der Waals surface area contributed by atoms with Gasteiger partial charge in [0.25, 0.3) is 5.91 Å². The first-order chi connectivity index (χ1) is 9.33. The summed E-state index contributed by atoms with van der Waals surface area (Å²) in [6.07, 6.45) is -4.55. The van der Waals surface area contributed by atoms with Gasteiger partial charge in [-0.3, -0.25) is 4.79 Å². The third kappa shape index (κ3) is 2.68. The fourth-order valence-electron chi connectivity index (χ4n) is 1.94. The van der Waals surface area contributed by atoms with Crippen molar-refractivity contribution in [2.24, 2.45) is 0 Å². The number of amides is 3. The zero-order chi connectivity index (χ0) is 14.9. The molecule has 0 saturated carbocycles. The lowest BCUT2D eigenvalue weighted by Crippen LogP contribution is -2.38. The molecule has 1 aliphatic rings. The van der Waals surface area contributed by atoms with Crippen molar-refractivity contribution in [1.29, 1.82) is 0 Å². The van der Waals surface area contributed by atoms with Crippen LogP contribution in [0, 0.1) is 0 Å². The molecule has 1 aromatic carbocycles. The molecule has 20 heavy (non-hydrogen) atoms. The minimum Gasteiger partial charge on any atom is -0.495 e. The number of carbonyl (C=O) groups excluding carboxylic acids is 2. The molecule has 0 atom stereocenters. The molecule has 0 unspecified atom stereocenters. The SMILES string of the molecule is COc1ccccc1N1C(=O)CN(CC(F)(F)F)C1=O. The molecule has 0 bridgehead atoms. The molecule has 3 amide bonds. The minimum absolute atomic E-state index is 0.134. The quantitative estimate of drug-likeness (QED) is 0.800. The van der Waals surface area contributed by atoms with Gasteiger partial charge in [0, 0.05) is 0 Å². The monoisotopic (exact) mass is 288 g/mol. The molecule has 5 nitrogen and oxygen atoms in total. The maximum Gasteiger partial charge on any atom is 0.406 e. The van der Waals surface area contributed by atoms with E-state index in [0.29, 0.717) is 9.80 Å². The number of methoxy groups -OCH3 is 1. The Morgan fingerprint density at radius 1 is 1.25 bits per heavy atom. The number of benzene rings is 1. The number of alkyl halides is 3. The lowest BCUT2D eigenvalue weighted by molar-refractivity contribution is -0.139. The molecule has 0 radical (unpaired) electrons. The van der Waals surface area contributed by atoms with Crippen LogP contribution in [0.2, 0.25) is 0 Å². The van der Waals surface area contributed by atoms with E-state index in [2.05, 4.69) is 0 Å². The first kappa shape index (κ1) is 14.2. The number of imide groups is 1. The highest BCUT2D eigenvalue weighted by atomic mass is 19.4. The molecule has 2 rings (SSSR count). The maximum atomic E-state index is 12.3. The van der Waals surface area contributed by atoms with E-state index < -0.39 is 31.2 Å². The van der Waals surface area contributed by atoms with Crippen molar-refractivity contribution in [3.05, 3.63) is 24.3 Å². The molecule has 1 fully saturated rings. The molecule has 108 valence electrons. The van der Waals surface area contributed by atoms with Gasteiger partial charge in [-0.2, -0.15) is 13.2 Å². The van der Waals surface area contributed by atoms with Gasteiger partial charge < -0.3 is 9.64 Å². The van der Waals surface area contributed by atoms with Gasteiger partial charge >= 0.3 is 12.2 Å². The number of halogens is 3. The Morgan fingerprint density at radius 3 is 2.50 bits per heavy atom. The largest absolute Gasteiger partial charge is 0.495 e. The summed E-state index contributed by atoms with van der Waals surface area (Å²) >= 11 is 0. The zero-order valence-corrected chi connectivity index (χ0v) is 10.5. The number of carbonyl (C=O) groups is 2. The van der Waals surface area contributed by atoms with Crippen LogP contribution in [-0.2, 0) is 4.79 Å². The number of para-hydroxylation sites is 2. The summed E-state index contributed by atoms with van der Waals surface area (Å²) in [6.45, 7) is -2.06. The summed E-state index contributed by atoms with van der Waals surface area (Å²) in [4.78, 5) is 24.9. The van der Waals surface area contributed by atoms with E-state index in [-0.39, 0.29) is 11.4 Å².